The zero-order chi connectivity index (χ0) is 11.9. The predicted octanol–water partition coefficient (Wildman–Crippen LogP) is 2.22. The highest BCUT2D eigenvalue weighted by Crippen LogP contribution is 2.31. The number of hydrogen-bond acceptors (Lipinski definition) is 3. The lowest BCUT2D eigenvalue weighted by atomic mass is 9.80. The van der Waals surface area contributed by atoms with Crippen LogP contribution in [-0.4, -0.2) is 24.2 Å². The number of esters is 1. The molecule has 0 bridgehead atoms. The average molecular weight is 216 g/mol. The van der Waals surface area contributed by atoms with Gasteiger partial charge in [-0.3, -0.25) is 9.59 Å². The van der Waals surface area contributed by atoms with Crippen LogP contribution in [0.4, 0.5) is 0 Å². The van der Waals surface area contributed by atoms with Crippen molar-refractivity contribution in [3.05, 3.63) is 0 Å². The summed E-state index contributed by atoms with van der Waals surface area (Å²) in [6, 6.07) is 0. The van der Waals surface area contributed by atoms with E-state index in [9.17, 15) is 9.59 Å². The fourth-order valence-electron chi connectivity index (χ4n) is 1.64. The summed E-state index contributed by atoms with van der Waals surface area (Å²) in [6.45, 7) is 3.74. The maximum atomic E-state index is 11.5. The highest BCUT2D eigenvalue weighted by atomic mass is 16.5. The minimum absolute atomic E-state index is 0.277. The van der Waals surface area contributed by atoms with Crippen LogP contribution < -0.4 is 0 Å². The monoisotopic (exact) mass is 216 g/mol. The van der Waals surface area contributed by atoms with E-state index in [0.29, 0.717) is 6.42 Å². The predicted molar refractivity (Wildman–Crippen MR) is 56.5 cm³/mol. The zero-order valence-corrected chi connectivity index (χ0v) is 9.71. The first-order chi connectivity index (χ1) is 7.05. The molecule has 15 heavy (non-hydrogen) atoms. The first kappa shape index (κ1) is 13.9. The van der Waals surface area contributed by atoms with Crippen LogP contribution >= 0.6 is 0 Å². The topological polar surface area (TPSA) is 63.6 Å². The van der Waals surface area contributed by atoms with Crippen LogP contribution in [0.25, 0.3) is 0 Å². The quantitative estimate of drug-likeness (QED) is 0.402. The van der Waals surface area contributed by atoms with Crippen molar-refractivity contribution in [1.82, 2.24) is 0 Å². The van der Waals surface area contributed by atoms with Gasteiger partial charge in [0.15, 0.2) is 5.41 Å². The molecule has 0 saturated carbocycles. The molecule has 0 spiro atoms. The first-order valence-corrected chi connectivity index (χ1v) is 5.37. The van der Waals surface area contributed by atoms with Gasteiger partial charge in [0.25, 0.3) is 0 Å². The summed E-state index contributed by atoms with van der Waals surface area (Å²) in [5.74, 6) is -1.71. The van der Waals surface area contributed by atoms with E-state index in [1.165, 1.54) is 7.11 Å². The van der Waals surface area contributed by atoms with Crippen molar-refractivity contribution in [3.8, 4) is 0 Å². The molecule has 0 fully saturated rings. The molecule has 0 aliphatic heterocycles. The van der Waals surface area contributed by atoms with Gasteiger partial charge in [-0.2, -0.15) is 0 Å². The van der Waals surface area contributed by atoms with Crippen molar-refractivity contribution < 1.29 is 19.4 Å². The lowest BCUT2D eigenvalue weighted by molar-refractivity contribution is -0.168. The number of hydrogen-bond donors (Lipinski definition) is 1. The molecule has 0 radical (unpaired) electrons. The molecule has 0 aliphatic carbocycles. The lowest BCUT2D eigenvalue weighted by Gasteiger charge is -2.24. The zero-order valence-electron chi connectivity index (χ0n) is 9.71. The highest BCUT2D eigenvalue weighted by molar-refractivity contribution is 5.99. The number of aliphatic carboxylic acids is 1. The molecule has 88 valence electrons. The van der Waals surface area contributed by atoms with Crippen LogP contribution in [0.5, 0.6) is 0 Å². The van der Waals surface area contributed by atoms with Crippen LogP contribution in [0.3, 0.4) is 0 Å². The number of carboxylic acid groups (broad SMARTS) is 1. The molecule has 1 N–H and O–H groups in total. The van der Waals surface area contributed by atoms with Gasteiger partial charge < -0.3 is 9.84 Å². The van der Waals surface area contributed by atoms with Gasteiger partial charge in [-0.15, -0.1) is 0 Å². The summed E-state index contributed by atoms with van der Waals surface area (Å²) in [6.07, 6.45) is 3.32. The van der Waals surface area contributed by atoms with Gasteiger partial charge in [0, 0.05) is 0 Å². The molecular weight excluding hydrogens is 196 g/mol. The molecule has 0 saturated heterocycles. The van der Waals surface area contributed by atoms with Crippen molar-refractivity contribution >= 4 is 11.9 Å². The third kappa shape index (κ3) is 3.22. The van der Waals surface area contributed by atoms with E-state index in [4.69, 9.17) is 5.11 Å². The van der Waals surface area contributed by atoms with Gasteiger partial charge in [-0.05, 0) is 12.8 Å². The number of carbonyl (C=O) groups is 2. The van der Waals surface area contributed by atoms with Crippen LogP contribution in [-0.2, 0) is 14.3 Å². The number of rotatable bonds is 7. The molecule has 0 aromatic carbocycles. The summed E-state index contributed by atoms with van der Waals surface area (Å²) in [5.41, 5.74) is -1.34. The van der Waals surface area contributed by atoms with Crippen molar-refractivity contribution in [1.29, 1.82) is 0 Å². The molecule has 4 heteroatoms. The van der Waals surface area contributed by atoms with E-state index in [1.807, 2.05) is 6.92 Å². The summed E-state index contributed by atoms with van der Waals surface area (Å²) < 4.78 is 4.58. The minimum Gasteiger partial charge on any atom is -0.480 e. The standard InChI is InChI=1S/C11H20O4/c1-4-6-7-8-11(5-2,9(12)13)10(14)15-3/h4-8H2,1-3H3,(H,12,13). The summed E-state index contributed by atoms with van der Waals surface area (Å²) in [7, 11) is 1.23. The van der Waals surface area contributed by atoms with E-state index in [-0.39, 0.29) is 6.42 Å². The second-order valence-electron chi connectivity index (χ2n) is 3.69. The summed E-state index contributed by atoms with van der Waals surface area (Å²) >= 11 is 0. The molecule has 1 atom stereocenters. The molecule has 0 rings (SSSR count). The number of unbranched alkanes of at least 4 members (excludes halogenated alkanes) is 2. The van der Waals surface area contributed by atoms with E-state index in [1.54, 1.807) is 6.92 Å². The number of carbonyl (C=O) groups excluding carboxylic acids is 1. The fraction of sp³-hybridized carbons (Fsp3) is 0.818. The second-order valence-corrected chi connectivity index (χ2v) is 3.69. The summed E-state index contributed by atoms with van der Waals surface area (Å²) in [5, 5.41) is 9.12. The van der Waals surface area contributed by atoms with Gasteiger partial charge in [0.2, 0.25) is 0 Å². The summed E-state index contributed by atoms with van der Waals surface area (Å²) in [4.78, 5) is 22.6. The van der Waals surface area contributed by atoms with Gasteiger partial charge >= 0.3 is 11.9 Å². The van der Waals surface area contributed by atoms with Crippen LogP contribution in [0, 0.1) is 5.41 Å². The molecule has 0 aliphatic rings. The van der Waals surface area contributed by atoms with Crippen molar-refractivity contribution in [2.75, 3.05) is 7.11 Å². The Morgan fingerprint density at radius 1 is 1.27 bits per heavy atom. The molecule has 1 unspecified atom stereocenters. The second kappa shape index (κ2) is 6.43. The third-order valence-electron chi connectivity index (χ3n) is 2.80. The van der Waals surface area contributed by atoms with Crippen molar-refractivity contribution in [2.45, 2.75) is 46.0 Å². The third-order valence-corrected chi connectivity index (χ3v) is 2.80. The van der Waals surface area contributed by atoms with E-state index >= 15 is 0 Å². The maximum absolute atomic E-state index is 11.5. The molecule has 0 heterocycles. The smallest absolute Gasteiger partial charge is 0.323 e. The van der Waals surface area contributed by atoms with Crippen LogP contribution in [0.15, 0.2) is 0 Å². The minimum atomic E-state index is -1.34. The number of methoxy groups -OCH3 is 1. The van der Waals surface area contributed by atoms with E-state index in [0.717, 1.165) is 19.3 Å². The Balaban J connectivity index is 4.66. The van der Waals surface area contributed by atoms with Gasteiger partial charge in [-0.1, -0.05) is 33.1 Å². The lowest BCUT2D eigenvalue weighted by Crippen LogP contribution is -2.39. The molecule has 0 aromatic heterocycles. The van der Waals surface area contributed by atoms with Crippen LogP contribution in [0.2, 0.25) is 0 Å². The largest absolute Gasteiger partial charge is 0.480 e. The molecule has 4 nitrogen and oxygen atoms in total. The van der Waals surface area contributed by atoms with Crippen molar-refractivity contribution in [2.24, 2.45) is 5.41 Å². The molecule has 0 aromatic rings. The fourth-order valence-corrected chi connectivity index (χ4v) is 1.64. The maximum Gasteiger partial charge on any atom is 0.323 e. The first-order valence-electron chi connectivity index (χ1n) is 5.37. The molecular formula is C11H20O4. The molecule has 0 amide bonds. The van der Waals surface area contributed by atoms with E-state index < -0.39 is 17.4 Å². The Labute approximate surface area is 90.6 Å². The van der Waals surface area contributed by atoms with Gasteiger partial charge in [0.1, 0.15) is 0 Å². The number of carboxylic acids is 1. The Bertz CT molecular complexity index is 225. The van der Waals surface area contributed by atoms with Crippen LogP contribution in [0.1, 0.15) is 46.0 Å². The SMILES string of the molecule is CCCCCC(CC)(C(=O)O)C(=O)OC. The van der Waals surface area contributed by atoms with Gasteiger partial charge in [0.05, 0.1) is 7.11 Å². The van der Waals surface area contributed by atoms with E-state index in [2.05, 4.69) is 4.74 Å². The average Bonchev–Trinajstić information content (AvgIpc) is 2.23. The van der Waals surface area contributed by atoms with Gasteiger partial charge in [-0.25, -0.2) is 0 Å². The Hall–Kier alpha value is -1.06. The highest BCUT2D eigenvalue weighted by Gasteiger charge is 2.45. The Morgan fingerprint density at radius 2 is 1.87 bits per heavy atom. The number of ether oxygens (including phenoxy) is 1. The normalized spacial score (nSPS) is 14.3. The Morgan fingerprint density at radius 3 is 2.20 bits per heavy atom. The Kier molecular flexibility index (Phi) is 5.97. The van der Waals surface area contributed by atoms with Crippen molar-refractivity contribution in [3.63, 3.8) is 0 Å².